The van der Waals surface area contributed by atoms with Crippen molar-refractivity contribution in [1.82, 2.24) is 9.91 Å². The lowest BCUT2D eigenvalue weighted by Crippen LogP contribution is -2.43. The maximum absolute atomic E-state index is 13.5. The van der Waals surface area contributed by atoms with Crippen LogP contribution in [-0.2, 0) is 6.54 Å². The average molecular weight is 332 g/mol. The maximum atomic E-state index is 13.5. The lowest BCUT2D eigenvalue weighted by molar-refractivity contribution is 0.131. The zero-order chi connectivity index (χ0) is 16.1. The first-order valence-corrected chi connectivity index (χ1v) is 8.09. The summed E-state index contributed by atoms with van der Waals surface area (Å²) in [5.74, 6) is -0.238. The third-order valence-corrected chi connectivity index (χ3v) is 4.19. The minimum Gasteiger partial charge on any atom is -0.295 e. The van der Waals surface area contributed by atoms with E-state index in [2.05, 4.69) is 22.1 Å². The van der Waals surface area contributed by atoms with E-state index in [0.29, 0.717) is 5.56 Å². The largest absolute Gasteiger partial charge is 0.295 e. The summed E-state index contributed by atoms with van der Waals surface area (Å²) in [6.45, 7) is 4.49. The molecule has 1 saturated heterocycles. The normalized spacial score (nSPS) is 16.2. The van der Waals surface area contributed by atoms with Crippen LogP contribution in [0.15, 0.2) is 53.6 Å². The van der Waals surface area contributed by atoms with E-state index in [9.17, 15) is 4.39 Å². The molecule has 3 nitrogen and oxygen atoms in total. The predicted molar refractivity (Wildman–Crippen MR) is 92.3 cm³/mol. The van der Waals surface area contributed by atoms with E-state index in [1.165, 1.54) is 11.6 Å². The molecule has 3 rings (SSSR count). The van der Waals surface area contributed by atoms with Crippen LogP contribution < -0.4 is 0 Å². The van der Waals surface area contributed by atoms with Gasteiger partial charge in [0.2, 0.25) is 0 Å². The van der Waals surface area contributed by atoms with E-state index in [0.717, 1.165) is 37.7 Å². The lowest BCUT2D eigenvalue weighted by Gasteiger charge is -2.33. The van der Waals surface area contributed by atoms with Crippen LogP contribution in [0.25, 0.3) is 0 Å². The Morgan fingerprint density at radius 1 is 1.00 bits per heavy atom. The predicted octanol–water partition coefficient (Wildman–Crippen LogP) is 3.63. The number of hydrazone groups is 1. The van der Waals surface area contributed by atoms with Crippen molar-refractivity contribution in [2.75, 3.05) is 26.2 Å². The third kappa shape index (κ3) is 4.53. The molecule has 23 heavy (non-hydrogen) atoms. The van der Waals surface area contributed by atoms with Gasteiger partial charge in [0.05, 0.1) is 6.21 Å². The summed E-state index contributed by atoms with van der Waals surface area (Å²) in [7, 11) is 0. The minimum atomic E-state index is -0.238. The molecule has 0 aromatic heterocycles. The Kier molecular flexibility index (Phi) is 5.26. The molecule has 1 aliphatic rings. The van der Waals surface area contributed by atoms with E-state index < -0.39 is 0 Å². The highest BCUT2D eigenvalue weighted by Crippen LogP contribution is 2.13. The Hall–Kier alpha value is -1.91. The average Bonchev–Trinajstić information content (AvgIpc) is 2.58. The molecule has 120 valence electrons. The molecule has 5 heteroatoms. The van der Waals surface area contributed by atoms with Gasteiger partial charge in [0, 0.05) is 43.3 Å². The summed E-state index contributed by atoms with van der Waals surface area (Å²) in [4.78, 5) is 2.39. The number of nitrogens with zero attached hydrogens (tertiary/aromatic N) is 3. The van der Waals surface area contributed by atoms with Crippen molar-refractivity contribution in [3.8, 4) is 0 Å². The van der Waals surface area contributed by atoms with Crippen molar-refractivity contribution in [3.63, 3.8) is 0 Å². The van der Waals surface area contributed by atoms with Crippen molar-refractivity contribution in [2.45, 2.75) is 6.54 Å². The van der Waals surface area contributed by atoms with Gasteiger partial charge in [0.25, 0.3) is 0 Å². The highest BCUT2D eigenvalue weighted by atomic mass is 35.5. The van der Waals surface area contributed by atoms with Gasteiger partial charge in [-0.2, -0.15) is 5.10 Å². The van der Waals surface area contributed by atoms with Gasteiger partial charge in [-0.3, -0.25) is 9.91 Å². The van der Waals surface area contributed by atoms with E-state index >= 15 is 0 Å². The molecule has 0 aliphatic carbocycles. The van der Waals surface area contributed by atoms with E-state index in [-0.39, 0.29) is 5.82 Å². The second-order valence-electron chi connectivity index (χ2n) is 5.62. The van der Waals surface area contributed by atoms with Crippen LogP contribution >= 0.6 is 11.6 Å². The van der Waals surface area contributed by atoms with Gasteiger partial charge in [0.1, 0.15) is 5.82 Å². The first-order valence-electron chi connectivity index (χ1n) is 7.71. The zero-order valence-corrected chi connectivity index (χ0v) is 13.6. The Morgan fingerprint density at radius 2 is 1.70 bits per heavy atom. The fourth-order valence-corrected chi connectivity index (χ4v) is 2.71. The van der Waals surface area contributed by atoms with Gasteiger partial charge in [-0.1, -0.05) is 41.9 Å². The van der Waals surface area contributed by atoms with Gasteiger partial charge in [0.15, 0.2) is 0 Å². The standard InChI is InChI=1S/C18H19ClFN3/c19-17-7-5-15(6-8-17)14-22-9-11-23(12-10-22)21-13-16-3-1-2-4-18(16)20/h1-8,13H,9-12,14H2. The molecule has 0 unspecified atom stereocenters. The Balaban J connectivity index is 1.50. The van der Waals surface area contributed by atoms with Crippen LogP contribution in [0.2, 0.25) is 5.02 Å². The Bertz CT molecular complexity index is 664. The summed E-state index contributed by atoms with van der Waals surface area (Å²) >= 11 is 5.91. The number of rotatable bonds is 4. The molecule has 2 aromatic rings. The molecule has 1 aliphatic heterocycles. The Morgan fingerprint density at radius 3 is 2.39 bits per heavy atom. The quantitative estimate of drug-likeness (QED) is 0.797. The van der Waals surface area contributed by atoms with E-state index in [4.69, 9.17) is 11.6 Å². The van der Waals surface area contributed by atoms with Crippen LogP contribution in [0.3, 0.4) is 0 Å². The summed E-state index contributed by atoms with van der Waals surface area (Å²) in [6, 6.07) is 14.6. The smallest absolute Gasteiger partial charge is 0.132 e. The molecule has 0 bridgehead atoms. The number of halogens is 2. The third-order valence-electron chi connectivity index (χ3n) is 3.93. The molecule has 0 atom stereocenters. The highest BCUT2D eigenvalue weighted by Gasteiger charge is 2.15. The second-order valence-corrected chi connectivity index (χ2v) is 6.06. The van der Waals surface area contributed by atoms with Crippen LogP contribution in [0.4, 0.5) is 4.39 Å². The molecular weight excluding hydrogens is 313 g/mol. The van der Waals surface area contributed by atoms with Crippen LogP contribution in [0.1, 0.15) is 11.1 Å². The van der Waals surface area contributed by atoms with Crippen molar-refractivity contribution in [3.05, 3.63) is 70.5 Å². The van der Waals surface area contributed by atoms with Crippen molar-refractivity contribution in [1.29, 1.82) is 0 Å². The van der Waals surface area contributed by atoms with Gasteiger partial charge in [-0.15, -0.1) is 0 Å². The van der Waals surface area contributed by atoms with Gasteiger partial charge >= 0.3 is 0 Å². The van der Waals surface area contributed by atoms with Crippen LogP contribution in [-0.4, -0.2) is 42.3 Å². The molecule has 0 radical (unpaired) electrons. The second kappa shape index (κ2) is 7.57. The summed E-state index contributed by atoms with van der Waals surface area (Å²) in [6.07, 6.45) is 1.60. The lowest BCUT2D eigenvalue weighted by atomic mass is 10.2. The van der Waals surface area contributed by atoms with Crippen LogP contribution in [0.5, 0.6) is 0 Å². The highest BCUT2D eigenvalue weighted by molar-refractivity contribution is 6.30. The van der Waals surface area contributed by atoms with E-state index in [1.54, 1.807) is 18.3 Å². The first-order chi connectivity index (χ1) is 11.2. The zero-order valence-electron chi connectivity index (χ0n) is 12.8. The van der Waals surface area contributed by atoms with Crippen molar-refractivity contribution in [2.24, 2.45) is 5.10 Å². The van der Waals surface area contributed by atoms with Crippen molar-refractivity contribution >= 4 is 17.8 Å². The van der Waals surface area contributed by atoms with Gasteiger partial charge in [-0.25, -0.2) is 4.39 Å². The molecule has 2 aromatic carbocycles. The molecule has 0 spiro atoms. The molecule has 1 heterocycles. The fraction of sp³-hybridized carbons (Fsp3) is 0.278. The minimum absolute atomic E-state index is 0.238. The monoisotopic (exact) mass is 331 g/mol. The molecule has 0 amide bonds. The van der Waals surface area contributed by atoms with Crippen LogP contribution in [0, 0.1) is 5.82 Å². The SMILES string of the molecule is Fc1ccccc1C=NN1CCN(Cc2ccc(Cl)cc2)CC1. The molecule has 1 fully saturated rings. The first kappa shape index (κ1) is 16.0. The number of hydrogen-bond donors (Lipinski definition) is 0. The Labute approximate surface area is 141 Å². The summed E-state index contributed by atoms with van der Waals surface area (Å²) in [5.41, 5.74) is 1.79. The molecular formula is C18H19ClFN3. The van der Waals surface area contributed by atoms with E-state index in [1.807, 2.05) is 23.2 Å². The van der Waals surface area contributed by atoms with Crippen molar-refractivity contribution < 1.29 is 4.39 Å². The summed E-state index contributed by atoms with van der Waals surface area (Å²) in [5, 5.41) is 7.15. The molecule has 0 saturated carbocycles. The maximum Gasteiger partial charge on any atom is 0.132 e. The van der Waals surface area contributed by atoms with Gasteiger partial charge in [-0.05, 0) is 23.8 Å². The number of hydrogen-bond acceptors (Lipinski definition) is 3. The fourth-order valence-electron chi connectivity index (χ4n) is 2.58. The molecule has 0 N–H and O–H groups in total. The van der Waals surface area contributed by atoms with Gasteiger partial charge < -0.3 is 0 Å². The number of piperazine rings is 1. The topological polar surface area (TPSA) is 18.8 Å². The number of benzene rings is 2. The summed E-state index contributed by atoms with van der Waals surface area (Å²) < 4.78 is 13.5.